The van der Waals surface area contributed by atoms with Crippen LogP contribution in [0.5, 0.6) is 0 Å². The van der Waals surface area contributed by atoms with E-state index in [1.807, 2.05) is 16.8 Å². The number of rotatable bonds is 8. The van der Waals surface area contributed by atoms with Crippen molar-refractivity contribution in [3.8, 4) is 11.4 Å². The van der Waals surface area contributed by atoms with Gasteiger partial charge in [0.05, 0.1) is 0 Å². The van der Waals surface area contributed by atoms with Crippen molar-refractivity contribution in [1.29, 1.82) is 0 Å². The molecule has 140 valence electrons. The predicted molar refractivity (Wildman–Crippen MR) is 100 cm³/mol. The van der Waals surface area contributed by atoms with Crippen LogP contribution in [0.15, 0.2) is 51.7 Å². The van der Waals surface area contributed by atoms with Gasteiger partial charge in [-0.05, 0) is 23.4 Å². The maximum atomic E-state index is 12.4. The summed E-state index contributed by atoms with van der Waals surface area (Å²) in [5.41, 5.74) is -0.0695. The maximum absolute atomic E-state index is 12.4. The summed E-state index contributed by atoms with van der Waals surface area (Å²) in [5, 5.41) is 20.2. The fraction of sp³-hybridized carbons (Fsp3) is 0.263. The number of benzene rings is 1. The minimum atomic E-state index is -1.46. The molecule has 0 radical (unpaired) electrons. The molecule has 0 fully saturated rings. The van der Waals surface area contributed by atoms with Crippen LogP contribution in [0.1, 0.15) is 31.2 Å². The Morgan fingerprint density at radius 3 is 2.67 bits per heavy atom. The Labute approximate surface area is 160 Å². The van der Waals surface area contributed by atoms with Crippen LogP contribution < -0.4 is 5.32 Å². The normalized spacial score (nSPS) is 13.1. The highest BCUT2D eigenvalue weighted by Gasteiger charge is 2.40. The molecule has 1 unspecified atom stereocenters. The van der Waals surface area contributed by atoms with Crippen molar-refractivity contribution < 1.29 is 19.2 Å². The largest absolute Gasteiger partial charge is 0.479 e. The standard InChI is InChI=1S/C19H19N3O4S/c1-2-19(18(24)25,14-6-4-3-5-7-14)21-15(23)8-9-16-20-17(22-26-16)13-10-11-27-12-13/h3-7,10-12H,2,8-9H2,1H3,(H,21,23)(H,24,25). The number of thiophene rings is 1. The van der Waals surface area contributed by atoms with E-state index in [-0.39, 0.29) is 19.3 Å². The summed E-state index contributed by atoms with van der Waals surface area (Å²) in [5.74, 6) is -0.673. The molecule has 1 atom stereocenters. The number of carbonyl (C=O) groups is 2. The van der Waals surface area contributed by atoms with Crippen LogP contribution in [0.2, 0.25) is 0 Å². The molecule has 0 aliphatic heterocycles. The van der Waals surface area contributed by atoms with E-state index in [0.717, 1.165) is 5.56 Å². The van der Waals surface area contributed by atoms with E-state index in [9.17, 15) is 14.7 Å². The van der Waals surface area contributed by atoms with Gasteiger partial charge >= 0.3 is 5.97 Å². The molecule has 1 amide bonds. The third-order valence-electron chi connectivity index (χ3n) is 4.33. The first-order valence-electron chi connectivity index (χ1n) is 8.50. The van der Waals surface area contributed by atoms with Gasteiger partial charge in [-0.1, -0.05) is 42.4 Å². The van der Waals surface area contributed by atoms with E-state index in [1.165, 1.54) is 11.3 Å². The van der Waals surface area contributed by atoms with E-state index in [1.54, 1.807) is 37.3 Å². The number of amides is 1. The molecule has 2 heterocycles. The van der Waals surface area contributed by atoms with Crippen molar-refractivity contribution in [1.82, 2.24) is 15.5 Å². The number of hydrogen-bond acceptors (Lipinski definition) is 6. The maximum Gasteiger partial charge on any atom is 0.334 e. The van der Waals surface area contributed by atoms with Crippen LogP contribution in [-0.2, 0) is 21.5 Å². The van der Waals surface area contributed by atoms with E-state index in [0.29, 0.717) is 17.3 Å². The smallest absolute Gasteiger partial charge is 0.334 e. The molecular weight excluding hydrogens is 366 g/mol. The number of aryl methyl sites for hydroxylation is 1. The first kappa shape index (κ1) is 18.8. The number of carbonyl (C=O) groups excluding carboxylic acids is 1. The number of carboxylic acid groups (broad SMARTS) is 1. The van der Waals surface area contributed by atoms with Crippen molar-refractivity contribution in [3.05, 3.63) is 58.6 Å². The lowest BCUT2D eigenvalue weighted by atomic mass is 9.87. The predicted octanol–water partition coefficient (Wildman–Crippen LogP) is 3.24. The van der Waals surface area contributed by atoms with Gasteiger partial charge in [0, 0.05) is 23.8 Å². The van der Waals surface area contributed by atoms with Gasteiger partial charge < -0.3 is 14.9 Å². The number of nitrogens with zero attached hydrogens (tertiary/aromatic N) is 2. The highest BCUT2D eigenvalue weighted by atomic mass is 32.1. The third kappa shape index (κ3) is 4.06. The molecule has 0 aliphatic rings. The number of aromatic nitrogens is 2. The van der Waals surface area contributed by atoms with Crippen molar-refractivity contribution in [3.63, 3.8) is 0 Å². The second-order valence-corrected chi connectivity index (χ2v) is 6.78. The molecule has 0 saturated heterocycles. The van der Waals surface area contributed by atoms with Crippen LogP contribution in [-0.4, -0.2) is 27.1 Å². The lowest BCUT2D eigenvalue weighted by Crippen LogP contribution is -2.51. The van der Waals surface area contributed by atoms with Crippen LogP contribution in [0.25, 0.3) is 11.4 Å². The molecule has 2 N–H and O–H groups in total. The van der Waals surface area contributed by atoms with E-state index in [4.69, 9.17) is 4.52 Å². The van der Waals surface area contributed by atoms with Gasteiger partial charge in [0.1, 0.15) is 0 Å². The van der Waals surface area contributed by atoms with Crippen molar-refractivity contribution >= 4 is 23.2 Å². The highest BCUT2D eigenvalue weighted by Crippen LogP contribution is 2.26. The average Bonchev–Trinajstić information content (AvgIpc) is 3.36. The van der Waals surface area contributed by atoms with E-state index < -0.39 is 17.4 Å². The summed E-state index contributed by atoms with van der Waals surface area (Å²) in [6.07, 6.45) is 0.505. The number of aliphatic carboxylic acids is 1. The highest BCUT2D eigenvalue weighted by molar-refractivity contribution is 7.08. The zero-order valence-electron chi connectivity index (χ0n) is 14.7. The van der Waals surface area contributed by atoms with Crippen LogP contribution in [0, 0.1) is 0 Å². The Morgan fingerprint density at radius 1 is 1.26 bits per heavy atom. The zero-order valence-corrected chi connectivity index (χ0v) is 15.5. The molecular formula is C19H19N3O4S. The first-order valence-corrected chi connectivity index (χ1v) is 9.44. The molecule has 7 nitrogen and oxygen atoms in total. The van der Waals surface area contributed by atoms with Crippen LogP contribution >= 0.6 is 11.3 Å². The summed E-state index contributed by atoms with van der Waals surface area (Å²) >= 11 is 1.53. The minimum absolute atomic E-state index is 0.0487. The van der Waals surface area contributed by atoms with Gasteiger partial charge in [-0.25, -0.2) is 4.79 Å². The second-order valence-electron chi connectivity index (χ2n) is 6.00. The Kier molecular flexibility index (Phi) is 5.66. The van der Waals surface area contributed by atoms with Crippen molar-refractivity contribution in [2.45, 2.75) is 31.7 Å². The Balaban J connectivity index is 1.67. The molecule has 3 aromatic rings. The first-order chi connectivity index (χ1) is 13.0. The monoisotopic (exact) mass is 385 g/mol. The molecule has 2 aromatic heterocycles. The fourth-order valence-corrected chi connectivity index (χ4v) is 3.44. The summed E-state index contributed by atoms with van der Waals surface area (Å²) in [6, 6.07) is 10.6. The molecule has 0 spiro atoms. The van der Waals surface area contributed by atoms with Gasteiger partial charge in [0.25, 0.3) is 0 Å². The van der Waals surface area contributed by atoms with Crippen LogP contribution in [0.3, 0.4) is 0 Å². The third-order valence-corrected chi connectivity index (χ3v) is 5.01. The SMILES string of the molecule is CCC(NC(=O)CCc1nc(-c2ccsc2)no1)(C(=O)O)c1ccccc1. The van der Waals surface area contributed by atoms with Gasteiger partial charge in [0.2, 0.25) is 17.6 Å². The molecule has 27 heavy (non-hydrogen) atoms. The zero-order chi connectivity index (χ0) is 19.3. The molecule has 0 bridgehead atoms. The summed E-state index contributed by atoms with van der Waals surface area (Å²) in [6.45, 7) is 1.73. The van der Waals surface area contributed by atoms with Crippen LogP contribution in [0.4, 0.5) is 0 Å². The second kappa shape index (κ2) is 8.13. The molecule has 1 aromatic carbocycles. The molecule has 3 rings (SSSR count). The Hall–Kier alpha value is -3.00. The lowest BCUT2D eigenvalue weighted by molar-refractivity contribution is -0.148. The summed E-state index contributed by atoms with van der Waals surface area (Å²) < 4.78 is 5.17. The molecule has 0 saturated carbocycles. The average molecular weight is 385 g/mol. The van der Waals surface area contributed by atoms with Gasteiger partial charge in [0.15, 0.2) is 5.54 Å². The van der Waals surface area contributed by atoms with Gasteiger partial charge in [-0.2, -0.15) is 16.3 Å². The minimum Gasteiger partial charge on any atom is -0.479 e. The topological polar surface area (TPSA) is 105 Å². The van der Waals surface area contributed by atoms with Crippen molar-refractivity contribution in [2.75, 3.05) is 0 Å². The lowest BCUT2D eigenvalue weighted by Gasteiger charge is -2.30. The van der Waals surface area contributed by atoms with E-state index >= 15 is 0 Å². The summed E-state index contributed by atoms with van der Waals surface area (Å²) in [7, 11) is 0. The van der Waals surface area contributed by atoms with Crippen molar-refractivity contribution in [2.24, 2.45) is 0 Å². The Morgan fingerprint density at radius 2 is 2.04 bits per heavy atom. The fourth-order valence-electron chi connectivity index (χ4n) is 2.80. The van der Waals surface area contributed by atoms with E-state index in [2.05, 4.69) is 15.5 Å². The summed E-state index contributed by atoms with van der Waals surface area (Å²) in [4.78, 5) is 28.7. The number of carboxylic acids is 1. The quantitative estimate of drug-likeness (QED) is 0.617. The number of nitrogens with one attached hydrogen (secondary N) is 1. The van der Waals surface area contributed by atoms with Gasteiger partial charge in [-0.15, -0.1) is 0 Å². The Bertz CT molecular complexity index is 908. The molecule has 8 heteroatoms. The molecule has 0 aliphatic carbocycles. The van der Waals surface area contributed by atoms with Gasteiger partial charge in [-0.3, -0.25) is 4.79 Å². The number of hydrogen-bond donors (Lipinski definition) is 2.